The molecule has 0 N–H and O–H groups in total. The summed E-state index contributed by atoms with van der Waals surface area (Å²) in [6, 6.07) is 17.5. The molecule has 0 radical (unpaired) electrons. The molecule has 3 aromatic rings. The summed E-state index contributed by atoms with van der Waals surface area (Å²) in [4.78, 5) is 13.6. The first-order chi connectivity index (χ1) is 14.5. The summed E-state index contributed by atoms with van der Waals surface area (Å²) in [5, 5.41) is 0.883. The molecule has 0 saturated heterocycles. The van der Waals surface area contributed by atoms with Crippen molar-refractivity contribution in [2.24, 2.45) is 0 Å². The van der Waals surface area contributed by atoms with Gasteiger partial charge in [0, 0.05) is 24.1 Å². The minimum Gasteiger partial charge on any atom is -0.493 e. The highest BCUT2D eigenvalue weighted by molar-refractivity contribution is 5.77. The van der Waals surface area contributed by atoms with Gasteiger partial charge in [-0.25, -0.2) is 4.79 Å². The van der Waals surface area contributed by atoms with Crippen LogP contribution in [0.4, 0.5) is 0 Å². The molecule has 30 heavy (non-hydrogen) atoms. The van der Waals surface area contributed by atoms with E-state index in [-0.39, 0.29) is 5.63 Å². The number of ether oxygens (including phenoxy) is 1. The van der Waals surface area contributed by atoms with Crippen molar-refractivity contribution in [2.75, 3.05) is 19.7 Å². The average Bonchev–Trinajstić information content (AvgIpc) is 2.73. The highest BCUT2D eigenvalue weighted by atomic mass is 16.5. The largest absolute Gasteiger partial charge is 0.493 e. The van der Waals surface area contributed by atoms with Crippen molar-refractivity contribution in [1.82, 2.24) is 4.90 Å². The standard InChI is InChI=1S/C26H29NO3/c1-4-15-27(19-21-7-9-22(10-8-21)20(2)3)16-5-6-17-29-24-13-11-23-12-14-26(28)30-25(23)18-24/h1,7-14,18,20H,5-6,15-17,19H2,2-3H3. The van der Waals surface area contributed by atoms with Gasteiger partial charge in [0.05, 0.1) is 13.2 Å². The van der Waals surface area contributed by atoms with Crippen molar-refractivity contribution in [3.05, 3.63) is 76.1 Å². The van der Waals surface area contributed by atoms with Crippen molar-refractivity contribution >= 4 is 11.0 Å². The van der Waals surface area contributed by atoms with E-state index in [0.29, 0.717) is 30.4 Å². The van der Waals surface area contributed by atoms with Crippen LogP contribution >= 0.6 is 0 Å². The molecule has 0 spiro atoms. The molecule has 0 bridgehead atoms. The molecule has 0 atom stereocenters. The monoisotopic (exact) mass is 403 g/mol. The summed E-state index contributed by atoms with van der Waals surface area (Å²) in [7, 11) is 0. The Bertz CT molecular complexity index is 1040. The molecule has 0 amide bonds. The van der Waals surface area contributed by atoms with E-state index in [1.165, 1.54) is 17.2 Å². The Balaban J connectivity index is 1.45. The zero-order chi connectivity index (χ0) is 21.3. The number of fused-ring (bicyclic) bond motifs is 1. The summed E-state index contributed by atoms with van der Waals surface area (Å²) >= 11 is 0. The lowest BCUT2D eigenvalue weighted by Crippen LogP contribution is -2.25. The van der Waals surface area contributed by atoms with Crippen LogP contribution in [0.15, 0.2) is 63.8 Å². The van der Waals surface area contributed by atoms with E-state index in [1.54, 1.807) is 12.1 Å². The maximum Gasteiger partial charge on any atom is 0.336 e. The fraction of sp³-hybridized carbons (Fsp3) is 0.346. The third-order valence-corrected chi connectivity index (χ3v) is 5.10. The zero-order valence-electron chi connectivity index (χ0n) is 17.8. The molecule has 0 aliphatic carbocycles. The SMILES string of the molecule is C#CCN(CCCCOc1ccc2ccc(=O)oc2c1)Cc1ccc(C(C)C)cc1. The quantitative estimate of drug-likeness (QED) is 0.265. The Hall–Kier alpha value is -3.03. The molecule has 0 unspecified atom stereocenters. The Morgan fingerprint density at radius 2 is 1.83 bits per heavy atom. The molecule has 156 valence electrons. The van der Waals surface area contributed by atoms with E-state index < -0.39 is 0 Å². The predicted octanol–water partition coefficient (Wildman–Crippen LogP) is 5.21. The summed E-state index contributed by atoms with van der Waals surface area (Å²) in [6.07, 6.45) is 7.48. The number of rotatable bonds is 10. The Labute approximate surface area is 178 Å². The minimum absolute atomic E-state index is 0.355. The molecule has 0 fully saturated rings. The molecule has 3 rings (SSSR count). The minimum atomic E-state index is -0.355. The van der Waals surface area contributed by atoms with Crippen molar-refractivity contribution in [2.45, 2.75) is 39.2 Å². The van der Waals surface area contributed by atoms with Gasteiger partial charge in [-0.1, -0.05) is 44.0 Å². The van der Waals surface area contributed by atoms with Crippen LogP contribution < -0.4 is 10.4 Å². The molecule has 1 aromatic heterocycles. The maximum absolute atomic E-state index is 11.4. The van der Waals surface area contributed by atoms with Gasteiger partial charge in [0.2, 0.25) is 0 Å². The van der Waals surface area contributed by atoms with E-state index in [0.717, 1.165) is 31.3 Å². The van der Waals surface area contributed by atoms with Gasteiger partial charge < -0.3 is 9.15 Å². The van der Waals surface area contributed by atoms with Gasteiger partial charge in [-0.05, 0) is 54.6 Å². The smallest absolute Gasteiger partial charge is 0.336 e. The molecule has 0 aliphatic heterocycles. The summed E-state index contributed by atoms with van der Waals surface area (Å²) in [6.45, 7) is 7.43. The number of benzene rings is 2. The van der Waals surface area contributed by atoms with Gasteiger partial charge >= 0.3 is 5.63 Å². The summed E-state index contributed by atoms with van der Waals surface area (Å²) in [5.74, 6) is 4.02. The van der Waals surface area contributed by atoms with Crippen LogP contribution in [0.25, 0.3) is 11.0 Å². The molecule has 4 nitrogen and oxygen atoms in total. The topological polar surface area (TPSA) is 42.7 Å². The van der Waals surface area contributed by atoms with Crippen LogP contribution in [-0.4, -0.2) is 24.6 Å². The highest BCUT2D eigenvalue weighted by Crippen LogP contribution is 2.20. The van der Waals surface area contributed by atoms with Gasteiger partial charge in [-0.3, -0.25) is 4.90 Å². The average molecular weight is 404 g/mol. The first-order valence-electron chi connectivity index (χ1n) is 10.5. The first kappa shape index (κ1) is 21.7. The van der Waals surface area contributed by atoms with E-state index in [9.17, 15) is 4.79 Å². The number of unbranched alkanes of at least 4 members (excludes halogenated alkanes) is 1. The Morgan fingerprint density at radius 1 is 1.07 bits per heavy atom. The van der Waals surface area contributed by atoms with Gasteiger partial charge in [0.25, 0.3) is 0 Å². The number of hydrogen-bond acceptors (Lipinski definition) is 4. The van der Waals surface area contributed by atoms with Gasteiger partial charge in [-0.2, -0.15) is 0 Å². The van der Waals surface area contributed by atoms with E-state index >= 15 is 0 Å². The van der Waals surface area contributed by atoms with Crippen molar-refractivity contribution in [3.63, 3.8) is 0 Å². The van der Waals surface area contributed by atoms with E-state index in [4.69, 9.17) is 15.6 Å². The van der Waals surface area contributed by atoms with Crippen LogP contribution in [0.2, 0.25) is 0 Å². The van der Waals surface area contributed by atoms with Crippen LogP contribution in [0, 0.1) is 12.3 Å². The maximum atomic E-state index is 11.4. The molecule has 2 aromatic carbocycles. The highest BCUT2D eigenvalue weighted by Gasteiger charge is 2.06. The molecule has 1 heterocycles. The summed E-state index contributed by atoms with van der Waals surface area (Å²) in [5.41, 5.74) is 2.83. The van der Waals surface area contributed by atoms with Gasteiger partial charge in [-0.15, -0.1) is 6.42 Å². The van der Waals surface area contributed by atoms with Gasteiger partial charge in [0.1, 0.15) is 11.3 Å². The molecule has 4 heteroatoms. The normalized spacial score (nSPS) is 11.2. The molecule has 0 aliphatic rings. The fourth-order valence-corrected chi connectivity index (χ4v) is 3.37. The molecule has 0 saturated carbocycles. The third-order valence-electron chi connectivity index (χ3n) is 5.10. The lowest BCUT2D eigenvalue weighted by atomic mass is 10.0. The predicted molar refractivity (Wildman–Crippen MR) is 122 cm³/mol. The fourth-order valence-electron chi connectivity index (χ4n) is 3.37. The van der Waals surface area contributed by atoms with Crippen molar-refractivity contribution in [3.8, 4) is 18.1 Å². The van der Waals surface area contributed by atoms with Crippen molar-refractivity contribution < 1.29 is 9.15 Å². The van der Waals surface area contributed by atoms with E-state index in [2.05, 4.69) is 48.9 Å². The lowest BCUT2D eigenvalue weighted by molar-refractivity contribution is 0.263. The number of terminal acetylenes is 1. The van der Waals surface area contributed by atoms with Crippen molar-refractivity contribution in [1.29, 1.82) is 0 Å². The molecular formula is C26H29NO3. The second-order valence-electron chi connectivity index (χ2n) is 7.82. The zero-order valence-corrected chi connectivity index (χ0v) is 17.8. The van der Waals surface area contributed by atoms with Gasteiger partial charge in [0.15, 0.2) is 0 Å². The Kier molecular flexibility index (Phi) is 7.70. The van der Waals surface area contributed by atoms with Crippen LogP contribution in [-0.2, 0) is 6.54 Å². The van der Waals surface area contributed by atoms with E-state index in [1.807, 2.05) is 12.1 Å². The van der Waals surface area contributed by atoms with Crippen LogP contribution in [0.5, 0.6) is 5.75 Å². The molecular weight excluding hydrogens is 374 g/mol. The first-order valence-corrected chi connectivity index (χ1v) is 10.5. The van der Waals surface area contributed by atoms with Crippen LogP contribution in [0.3, 0.4) is 0 Å². The Morgan fingerprint density at radius 3 is 2.57 bits per heavy atom. The number of nitrogens with zero attached hydrogens (tertiary/aromatic N) is 1. The lowest BCUT2D eigenvalue weighted by Gasteiger charge is -2.20. The third kappa shape index (κ3) is 6.23. The second-order valence-corrected chi connectivity index (χ2v) is 7.82. The summed E-state index contributed by atoms with van der Waals surface area (Å²) < 4.78 is 11.0. The second kappa shape index (κ2) is 10.7. The number of hydrogen-bond donors (Lipinski definition) is 0. The van der Waals surface area contributed by atoms with Crippen LogP contribution in [0.1, 0.15) is 43.7 Å².